The first-order valence-electron chi connectivity index (χ1n) is 10.0. The number of nitrogens with one attached hydrogen (secondary N) is 2. The van der Waals surface area contributed by atoms with Crippen LogP contribution in [0.3, 0.4) is 0 Å². The lowest BCUT2D eigenvalue weighted by molar-refractivity contribution is -0.123. The molecule has 0 bridgehead atoms. The molecule has 2 aliphatic heterocycles. The zero-order valence-corrected chi connectivity index (χ0v) is 16.7. The van der Waals surface area contributed by atoms with Gasteiger partial charge in [0.05, 0.1) is 24.5 Å². The minimum Gasteiger partial charge on any atom is -0.478 e. The highest BCUT2D eigenvalue weighted by atomic mass is 16.5. The summed E-state index contributed by atoms with van der Waals surface area (Å²) in [5.74, 6) is 0.754. The average Bonchev–Trinajstić information content (AvgIpc) is 3.38. The van der Waals surface area contributed by atoms with Crippen LogP contribution in [0.2, 0.25) is 0 Å². The van der Waals surface area contributed by atoms with E-state index in [4.69, 9.17) is 9.47 Å². The summed E-state index contributed by atoms with van der Waals surface area (Å²) in [6.45, 7) is 5.48. The van der Waals surface area contributed by atoms with E-state index in [-0.39, 0.29) is 24.4 Å². The Morgan fingerprint density at radius 3 is 3.07 bits per heavy atom. The minimum atomic E-state index is -0.484. The first-order chi connectivity index (χ1) is 14.0. The smallest absolute Gasteiger partial charge is 0.265 e. The molecule has 0 saturated carbocycles. The highest BCUT2D eigenvalue weighted by Gasteiger charge is 2.26. The average molecular weight is 398 g/mol. The highest BCUT2D eigenvalue weighted by molar-refractivity contribution is 5.97. The predicted octanol–water partition coefficient (Wildman–Crippen LogP) is 2.37. The predicted molar refractivity (Wildman–Crippen MR) is 107 cm³/mol. The molecule has 1 aromatic carbocycles. The van der Waals surface area contributed by atoms with Crippen LogP contribution in [0.1, 0.15) is 49.8 Å². The maximum absolute atomic E-state index is 12.5. The zero-order chi connectivity index (χ0) is 20.4. The molecule has 3 heterocycles. The van der Waals surface area contributed by atoms with Crippen molar-refractivity contribution in [2.24, 2.45) is 0 Å². The van der Waals surface area contributed by atoms with E-state index >= 15 is 0 Å². The fourth-order valence-electron chi connectivity index (χ4n) is 3.69. The Bertz CT molecular complexity index is 904. The molecule has 1 fully saturated rings. The zero-order valence-electron chi connectivity index (χ0n) is 16.7. The first-order valence-corrected chi connectivity index (χ1v) is 10.0. The molecule has 0 spiro atoms. The van der Waals surface area contributed by atoms with Crippen molar-refractivity contribution >= 4 is 17.5 Å². The van der Waals surface area contributed by atoms with E-state index < -0.39 is 6.10 Å². The molecule has 154 valence electrons. The van der Waals surface area contributed by atoms with Crippen molar-refractivity contribution < 1.29 is 19.1 Å². The summed E-state index contributed by atoms with van der Waals surface area (Å²) in [6, 6.07) is 5.35. The molecule has 2 N–H and O–H groups in total. The Kier molecular flexibility index (Phi) is 5.53. The van der Waals surface area contributed by atoms with Crippen molar-refractivity contribution in [3.05, 3.63) is 41.7 Å². The van der Waals surface area contributed by atoms with E-state index in [1.807, 2.05) is 38.4 Å². The van der Waals surface area contributed by atoms with Gasteiger partial charge in [-0.3, -0.25) is 14.3 Å². The van der Waals surface area contributed by atoms with Crippen molar-refractivity contribution in [3.63, 3.8) is 0 Å². The third-order valence-corrected chi connectivity index (χ3v) is 5.43. The van der Waals surface area contributed by atoms with Crippen LogP contribution in [-0.4, -0.2) is 40.9 Å². The third-order valence-electron chi connectivity index (χ3n) is 5.43. The van der Waals surface area contributed by atoms with E-state index in [1.54, 1.807) is 10.7 Å². The lowest BCUT2D eigenvalue weighted by Crippen LogP contribution is -2.36. The van der Waals surface area contributed by atoms with E-state index in [2.05, 4.69) is 15.7 Å². The second-order valence-electron chi connectivity index (χ2n) is 7.58. The van der Waals surface area contributed by atoms with E-state index in [0.717, 1.165) is 24.2 Å². The molecule has 0 aliphatic carbocycles. The second-order valence-corrected chi connectivity index (χ2v) is 7.58. The van der Waals surface area contributed by atoms with Gasteiger partial charge in [-0.25, -0.2) is 0 Å². The molecule has 8 nitrogen and oxygen atoms in total. The monoisotopic (exact) mass is 398 g/mol. The summed E-state index contributed by atoms with van der Waals surface area (Å²) in [5, 5.41) is 10.2. The topological polar surface area (TPSA) is 94.5 Å². The van der Waals surface area contributed by atoms with Gasteiger partial charge in [-0.2, -0.15) is 5.10 Å². The third kappa shape index (κ3) is 4.27. The molecule has 3 unspecified atom stereocenters. The fraction of sp³-hybridized carbons (Fsp3) is 0.476. The van der Waals surface area contributed by atoms with Crippen LogP contribution in [-0.2, 0) is 20.9 Å². The molecule has 29 heavy (non-hydrogen) atoms. The molecule has 2 amide bonds. The number of carbonyl (C=O) groups excluding carboxylic acids is 2. The number of rotatable bonds is 6. The van der Waals surface area contributed by atoms with Gasteiger partial charge in [0.2, 0.25) is 5.91 Å². The summed E-state index contributed by atoms with van der Waals surface area (Å²) in [5.41, 5.74) is 2.68. The molecule has 3 atom stereocenters. The summed E-state index contributed by atoms with van der Waals surface area (Å²) in [6.07, 6.45) is 4.84. The van der Waals surface area contributed by atoms with Gasteiger partial charge in [0, 0.05) is 18.7 Å². The van der Waals surface area contributed by atoms with Gasteiger partial charge in [-0.15, -0.1) is 0 Å². The van der Waals surface area contributed by atoms with E-state index in [0.29, 0.717) is 30.4 Å². The van der Waals surface area contributed by atoms with Gasteiger partial charge < -0.3 is 20.1 Å². The molecule has 8 heteroatoms. The van der Waals surface area contributed by atoms with Gasteiger partial charge in [-0.1, -0.05) is 13.0 Å². The van der Waals surface area contributed by atoms with Gasteiger partial charge in [0.25, 0.3) is 5.91 Å². The van der Waals surface area contributed by atoms with Gasteiger partial charge >= 0.3 is 0 Å². The van der Waals surface area contributed by atoms with E-state index in [1.165, 1.54) is 0 Å². The summed E-state index contributed by atoms with van der Waals surface area (Å²) < 4.78 is 12.9. The van der Waals surface area contributed by atoms with Crippen LogP contribution >= 0.6 is 0 Å². The van der Waals surface area contributed by atoms with E-state index in [9.17, 15) is 9.59 Å². The fourth-order valence-corrected chi connectivity index (χ4v) is 3.69. The lowest BCUT2D eigenvalue weighted by atomic mass is 10.0. The van der Waals surface area contributed by atoms with Crippen molar-refractivity contribution in [3.8, 4) is 5.75 Å². The molecule has 2 aliphatic rings. The Morgan fingerprint density at radius 2 is 2.31 bits per heavy atom. The van der Waals surface area contributed by atoms with Crippen LogP contribution in [0.15, 0.2) is 30.6 Å². The number of hydrogen-bond donors (Lipinski definition) is 2. The maximum atomic E-state index is 12.5. The molecule has 4 rings (SSSR count). The quantitative estimate of drug-likeness (QED) is 0.779. The Balaban J connectivity index is 1.37. The lowest BCUT2D eigenvalue weighted by Gasteiger charge is -2.26. The summed E-state index contributed by atoms with van der Waals surface area (Å²) >= 11 is 0. The Labute approximate surface area is 169 Å². The van der Waals surface area contributed by atoms with Gasteiger partial charge in [0.15, 0.2) is 6.10 Å². The van der Waals surface area contributed by atoms with Gasteiger partial charge in [-0.05, 0) is 43.0 Å². The Hall–Kier alpha value is -2.87. The largest absolute Gasteiger partial charge is 0.478 e. The summed E-state index contributed by atoms with van der Waals surface area (Å²) in [7, 11) is 0. The first kappa shape index (κ1) is 19.4. The van der Waals surface area contributed by atoms with Crippen LogP contribution < -0.4 is 15.4 Å². The molecular formula is C21H26N4O4. The second kappa shape index (κ2) is 8.24. The van der Waals surface area contributed by atoms with Crippen molar-refractivity contribution in [2.75, 3.05) is 18.5 Å². The van der Waals surface area contributed by atoms with Crippen molar-refractivity contribution in [1.82, 2.24) is 15.1 Å². The molecule has 0 radical (unpaired) electrons. The summed E-state index contributed by atoms with van der Waals surface area (Å²) in [4.78, 5) is 24.4. The molecular weight excluding hydrogens is 372 g/mol. The van der Waals surface area contributed by atoms with Crippen LogP contribution in [0.4, 0.5) is 5.69 Å². The van der Waals surface area contributed by atoms with Crippen LogP contribution in [0.25, 0.3) is 0 Å². The number of carbonyl (C=O) groups is 2. The van der Waals surface area contributed by atoms with Gasteiger partial charge in [0.1, 0.15) is 12.3 Å². The maximum Gasteiger partial charge on any atom is 0.265 e. The van der Waals surface area contributed by atoms with Crippen LogP contribution in [0, 0.1) is 0 Å². The number of ether oxygens (including phenoxy) is 2. The standard InChI is InChI=1S/C21H26N4O4/c1-3-18-21(27)24-17-5-4-14(8-19(17)29-18)13(2)23-20(26)11-25-10-16(9-22-25)15-6-7-28-12-15/h4-5,8-10,13,15,18H,3,6-7,11-12H2,1-2H3,(H,23,26)(H,24,27). The number of anilines is 1. The number of benzene rings is 1. The normalized spacial score (nSPS) is 21.8. The number of amides is 2. The molecule has 2 aromatic rings. The molecule has 1 saturated heterocycles. The van der Waals surface area contributed by atoms with Crippen molar-refractivity contribution in [1.29, 1.82) is 0 Å². The number of nitrogens with zero attached hydrogens (tertiary/aromatic N) is 2. The number of aromatic nitrogens is 2. The van der Waals surface area contributed by atoms with Crippen LogP contribution in [0.5, 0.6) is 5.75 Å². The highest BCUT2D eigenvalue weighted by Crippen LogP contribution is 2.33. The molecule has 1 aromatic heterocycles. The SMILES string of the molecule is CCC1Oc2cc(C(C)NC(=O)Cn3cc(C4CCOC4)cn3)ccc2NC1=O. The minimum absolute atomic E-state index is 0.117. The number of fused-ring (bicyclic) bond motifs is 1. The Morgan fingerprint density at radius 1 is 1.45 bits per heavy atom. The number of hydrogen-bond acceptors (Lipinski definition) is 5. The van der Waals surface area contributed by atoms with Crippen molar-refractivity contribution in [2.45, 2.75) is 51.3 Å².